The molecule has 0 aliphatic heterocycles. The van der Waals surface area contributed by atoms with Crippen LogP contribution in [0.1, 0.15) is 15.9 Å². The molecule has 1 amide bonds. The molecule has 0 spiro atoms. The number of carbonyl (C=O) groups is 1. The van der Waals surface area contributed by atoms with Crippen molar-refractivity contribution in [1.82, 2.24) is 10.3 Å². The molecule has 4 nitrogen and oxygen atoms in total. The highest BCUT2D eigenvalue weighted by Crippen LogP contribution is 2.24. The summed E-state index contributed by atoms with van der Waals surface area (Å²) in [7, 11) is 1.60. The molecule has 0 aliphatic carbocycles. The maximum Gasteiger partial charge on any atom is 0.256 e. The minimum Gasteiger partial charge on any atom is -0.497 e. The Hall–Kier alpha value is -2.92. The van der Waals surface area contributed by atoms with E-state index in [0.29, 0.717) is 0 Å². The van der Waals surface area contributed by atoms with Gasteiger partial charge in [0.15, 0.2) is 0 Å². The molecule has 2 aromatic carbocycles. The number of pyridine rings is 1. The minimum atomic E-state index is -0.656. The van der Waals surface area contributed by atoms with Crippen LogP contribution >= 0.6 is 11.6 Å². The van der Waals surface area contributed by atoms with Gasteiger partial charge in [-0.2, -0.15) is 0 Å². The fraction of sp³-hybridized carbons (Fsp3) is 0.100. The molecule has 0 fully saturated rings. The molecule has 1 heterocycles. The van der Waals surface area contributed by atoms with Crippen molar-refractivity contribution in [2.75, 3.05) is 7.11 Å². The second-order valence-corrected chi connectivity index (χ2v) is 5.93. The van der Waals surface area contributed by atoms with Crippen LogP contribution in [0.4, 0.5) is 4.39 Å². The summed E-state index contributed by atoms with van der Waals surface area (Å²) in [6.07, 6.45) is 1.68. The number of amides is 1. The van der Waals surface area contributed by atoms with E-state index in [4.69, 9.17) is 16.3 Å². The molecule has 3 aromatic rings. The van der Waals surface area contributed by atoms with Crippen molar-refractivity contribution < 1.29 is 13.9 Å². The lowest BCUT2D eigenvalue weighted by atomic mass is 10.1. The lowest BCUT2D eigenvalue weighted by Crippen LogP contribution is -2.24. The number of rotatable bonds is 5. The topological polar surface area (TPSA) is 51.2 Å². The van der Waals surface area contributed by atoms with Gasteiger partial charge in [-0.05, 0) is 48.0 Å². The van der Waals surface area contributed by atoms with Crippen LogP contribution in [0.15, 0.2) is 60.8 Å². The monoisotopic (exact) mass is 370 g/mol. The lowest BCUT2D eigenvalue weighted by Gasteiger charge is -2.11. The first kappa shape index (κ1) is 17.9. The van der Waals surface area contributed by atoms with E-state index in [2.05, 4.69) is 10.3 Å². The summed E-state index contributed by atoms with van der Waals surface area (Å²) >= 11 is 5.94. The number of methoxy groups -OCH3 is 1. The van der Waals surface area contributed by atoms with Crippen molar-refractivity contribution in [3.05, 3.63) is 82.8 Å². The van der Waals surface area contributed by atoms with Crippen LogP contribution in [0, 0.1) is 5.82 Å². The summed E-state index contributed by atoms with van der Waals surface area (Å²) in [4.78, 5) is 16.7. The minimum absolute atomic E-state index is 0.0732. The maximum atomic E-state index is 13.9. The average molecular weight is 371 g/mol. The quantitative estimate of drug-likeness (QED) is 0.720. The number of hydrogen-bond acceptors (Lipinski definition) is 3. The molecule has 0 bridgehead atoms. The van der Waals surface area contributed by atoms with E-state index in [9.17, 15) is 9.18 Å². The van der Waals surface area contributed by atoms with Crippen LogP contribution in [0.25, 0.3) is 11.3 Å². The average Bonchev–Trinajstić information content (AvgIpc) is 2.66. The fourth-order valence-electron chi connectivity index (χ4n) is 2.57. The molecular formula is C20H16ClFN2O2. The first-order valence-corrected chi connectivity index (χ1v) is 8.28. The summed E-state index contributed by atoms with van der Waals surface area (Å²) in [5, 5.41) is 2.77. The number of nitrogens with one attached hydrogen (secondary N) is 1. The number of carbonyl (C=O) groups excluding carboxylic acids is 1. The summed E-state index contributed by atoms with van der Waals surface area (Å²) in [5.74, 6) is -0.483. The zero-order valence-electron chi connectivity index (χ0n) is 14.0. The van der Waals surface area contributed by atoms with Gasteiger partial charge in [0.1, 0.15) is 11.6 Å². The maximum absolute atomic E-state index is 13.9. The van der Waals surface area contributed by atoms with Gasteiger partial charge in [-0.15, -0.1) is 0 Å². The first-order chi connectivity index (χ1) is 12.6. The predicted octanol–water partition coefficient (Wildman–Crippen LogP) is 4.48. The molecular weight excluding hydrogens is 355 g/mol. The van der Waals surface area contributed by atoms with Crippen LogP contribution in [0.3, 0.4) is 0 Å². The van der Waals surface area contributed by atoms with Crippen molar-refractivity contribution in [2.45, 2.75) is 6.54 Å². The van der Waals surface area contributed by atoms with Crippen LogP contribution in [-0.2, 0) is 6.54 Å². The lowest BCUT2D eigenvalue weighted by molar-refractivity contribution is 0.0947. The summed E-state index contributed by atoms with van der Waals surface area (Å²) in [6, 6.07) is 15.2. The zero-order valence-corrected chi connectivity index (χ0v) is 14.8. The molecule has 1 N–H and O–H groups in total. The van der Waals surface area contributed by atoms with E-state index in [1.807, 2.05) is 30.3 Å². The first-order valence-electron chi connectivity index (χ1n) is 7.90. The van der Waals surface area contributed by atoms with E-state index < -0.39 is 11.7 Å². The number of halogens is 2. The Bertz CT molecular complexity index is 909. The molecule has 6 heteroatoms. The van der Waals surface area contributed by atoms with Gasteiger partial charge in [-0.1, -0.05) is 23.7 Å². The Balaban J connectivity index is 1.81. The molecule has 1 aromatic heterocycles. The van der Waals surface area contributed by atoms with E-state index in [0.717, 1.165) is 22.6 Å². The van der Waals surface area contributed by atoms with E-state index in [1.54, 1.807) is 19.4 Å². The van der Waals surface area contributed by atoms with Crippen LogP contribution in [-0.4, -0.2) is 18.0 Å². The van der Waals surface area contributed by atoms with Crippen LogP contribution in [0.2, 0.25) is 5.02 Å². The number of nitrogens with zero attached hydrogens (tertiary/aromatic N) is 1. The SMILES string of the molecule is COc1ccc(-c2ncccc2CNC(=O)c2c(F)cccc2Cl)cc1. The van der Waals surface area contributed by atoms with Gasteiger partial charge >= 0.3 is 0 Å². The Morgan fingerprint density at radius 2 is 1.92 bits per heavy atom. The van der Waals surface area contributed by atoms with E-state index in [1.165, 1.54) is 18.2 Å². The Labute approximate surface area is 155 Å². The van der Waals surface area contributed by atoms with Crippen molar-refractivity contribution >= 4 is 17.5 Å². The Morgan fingerprint density at radius 3 is 2.62 bits per heavy atom. The van der Waals surface area contributed by atoms with Gasteiger partial charge in [0.05, 0.1) is 23.4 Å². The fourth-order valence-corrected chi connectivity index (χ4v) is 2.82. The van der Waals surface area contributed by atoms with Crippen LogP contribution in [0.5, 0.6) is 5.75 Å². The smallest absolute Gasteiger partial charge is 0.256 e. The Kier molecular flexibility index (Phi) is 5.49. The van der Waals surface area contributed by atoms with Gasteiger partial charge < -0.3 is 10.1 Å². The highest BCUT2D eigenvalue weighted by Gasteiger charge is 2.16. The molecule has 0 saturated heterocycles. The van der Waals surface area contributed by atoms with Crippen molar-refractivity contribution in [3.63, 3.8) is 0 Å². The van der Waals surface area contributed by atoms with Gasteiger partial charge in [-0.25, -0.2) is 4.39 Å². The van der Waals surface area contributed by atoms with E-state index in [-0.39, 0.29) is 17.1 Å². The molecule has 132 valence electrons. The highest BCUT2D eigenvalue weighted by molar-refractivity contribution is 6.33. The predicted molar refractivity (Wildman–Crippen MR) is 98.8 cm³/mol. The van der Waals surface area contributed by atoms with Crippen molar-refractivity contribution in [3.8, 4) is 17.0 Å². The number of hydrogen-bond donors (Lipinski definition) is 1. The van der Waals surface area contributed by atoms with Gasteiger partial charge in [0.2, 0.25) is 0 Å². The van der Waals surface area contributed by atoms with Gasteiger partial charge in [0.25, 0.3) is 5.91 Å². The molecule has 0 radical (unpaired) electrons. The zero-order chi connectivity index (χ0) is 18.5. The Morgan fingerprint density at radius 1 is 1.15 bits per heavy atom. The number of ether oxygens (including phenoxy) is 1. The van der Waals surface area contributed by atoms with Gasteiger partial charge in [0, 0.05) is 18.3 Å². The third kappa shape index (κ3) is 3.83. The molecule has 0 unspecified atom stereocenters. The van der Waals surface area contributed by atoms with Crippen LogP contribution < -0.4 is 10.1 Å². The molecule has 3 rings (SSSR count). The molecule has 26 heavy (non-hydrogen) atoms. The summed E-state index contributed by atoms with van der Waals surface area (Å²) < 4.78 is 19.0. The molecule has 0 aliphatic rings. The van der Waals surface area contributed by atoms with Gasteiger partial charge in [-0.3, -0.25) is 9.78 Å². The normalized spacial score (nSPS) is 10.4. The third-order valence-corrected chi connectivity index (χ3v) is 4.20. The highest BCUT2D eigenvalue weighted by atomic mass is 35.5. The summed E-state index contributed by atoms with van der Waals surface area (Å²) in [5.41, 5.74) is 2.26. The second-order valence-electron chi connectivity index (χ2n) is 5.52. The third-order valence-electron chi connectivity index (χ3n) is 3.88. The summed E-state index contributed by atoms with van der Waals surface area (Å²) in [6.45, 7) is 0.193. The largest absolute Gasteiger partial charge is 0.497 e. The number of aromatic nitrogens is 1. The number of benzene rings is 2. The second kappa shape index (κ2) is 7.97. The molecule has 0 saturated carbocycles. The van der Waals surface area contributed by atoms with Crippen molar-refractivity contribution in [1.29, 1.82) is 0 Å². The molecule has 0 atom stereocenters. The standard InChI is InChI=1S/C20H16ClFN2O2/c1-26-15-9-7-13(8-10-15)19-14(4-3-11-23-19)12-24-20(25)18-16(21)5-2-6-17(18)22/h2-11H,12H2,1H3,(H,24,25). The van der Waals surface area contributed by atoms with Crippen molar-refractivity contribution in [2.24, 2.45) is 0 Å². The van der Waals surface area contributed by atoms with E-state index >= 15 is 0 Å².